The minimum atomic E-state index is -0.695. The lowest BCUT2D eigenvalue weighted by atomic mass is 10.0. The summed E-state index contributed by atoms with van der Waals surface area (Å²) in [6, 6.07) is 11.3. The highest BCUT2D eigenvalue weighted by Gasteiger charge is 2.29. The molecule has 2 aliphatic rings. The SMILES string of the molecule is O=C(NN1CCC(NC(=O)c2cn(C3CC3)c3cc(Cl)c(F)cc3c2=O)CC1)c1ccc2cc(Cl)ccc2n1. The maximum Gasteiger partial charge on any atom is 0.284 e. The molecule has 0 bridgehead atoms. The molecule has 6 rings (SSSR count). The summed E-state index contributed by atoms with van der Waals surface area (Å²) in [6.07, 6.45) is 4.54. The first-order valence-electron chi connectivity index (χ1n) is 12.7. The third-order valence-electron chi connectivity index (χ3n) is 7.23. The summed E-state index contributed by atoms with van der Waals surface area (Å²) in [5.41, 5.74) is 3.83. The number of amides is 2. The summed E-state index contributed by atoms with van der Waals surface area (Å²) in [5, 5.41) is 6.27. The van der Waals surface area contributed by atoms with Gasteiger partial charge in [0.25, 0.3) is 11.8 Å². The molecule has 3 heterocycles. The van der Waals surface area contributed by atoms with E-state index in [-0.39, 0.29) is 34.0 Å². The lowest BCUT2D eigenvalue weighted by Gasteiger charge is -2.32. The summed E-state index contributed by atoms with van der Waals surface area (Å²) >= 11 is 12.0. The molecule has 11 heteroatoms. The number of hydrogen-bond donors (Lipinski definition) is 2. The number of aromatic nitrogens is 2. The van der Waals surface area contributed by atoms with Crippen LogP contribution in [0.25, 0.3) is 21.8 Å². The summed E-state index contributed by atoms with van der Waals surface area (Å²) in [4.78, 5) is 43.5. The van der Waals surface area contributed by atoms with Gasteiger partial charge in [-0.15, -0.1) is 0 Å². The van der Waals surface area contributed by atoms with Crippen molar-refractivity contribution in [3.8, 4) is 0 Å². The van der Waals surface area contributed by atoms with Gasteiger partial charge in [-0.1, -0.05) is 29.3 Å². The standard InChI is InChI=1S/C28H24Cl2FN5O3/c29-16-2-6-23-15(11-16)1-5-24(33-23)28(39)34-35-9-7-17(8-10-35)32-27(38)20-14-36(18-3-4-18)25-13-21(30)22(31)12-19(25)26(20)37/h1-2,5-6,11-14,17-18H,3-4,7-10H2,(H,32,38)(H,34,39). The van der Waals surface area contributed by atoms with Gasteiger partial charge >= 0.3 is 0 Å². The molecule has 2 N–H and O–H groups in total. The van der Waals surface area contributed by atoms with Gasteiger partial charge in [0.1, 0.15) is 17.1 Å². The van der Waals surface area contributed by atoms with Gasteiger partial charge in [-0.3, -0.25) is 19.8 Å². The van der Waals surface area contributed by atoms with Crippen LogP contribution in [0.15, 0.2) is 53.5 Å². The van der Waals surface area contributed by atoms with Gasteiger partial charge in [0.2, 0.25) is 5.43 Å². The topological polar surface area (TPSA) is 96.3 Å². The van der Waals surface area contributed by atoms with E-state index in [1.54, 1.807) is 41.5 Å². The Kier molecular flexibility index (Phi) is 6.74. The quantitative estimate of drug-likeness (QED) is 0.358. The highest BCUT2D eigenvalue weighted by molar-refractivity contribution is 6.31. The number of hydrazine groups is 1. The van der Waals surface area contributed by atoms with E-state index in [1.807, 2.05) is 4.57 Å². The van der Waals surface area contributed by atoms with E-state index in [2.05, 4.69) is 15.7 Å². The minimum absolute atomic E-state index is 0.0180. The van der Waals surface area contributed by atoms with Gasteiger partial charge in [0, 0.05) is 47.2 Å². The molecule has 200 valence electrons. The van der Waals surface area contributed by atoms with Crippen LogP contribution in [0, 0.1) is 5.82 Å². The molecule has 2 fully saturated rings. The summed E-state index contributed by atoms with van der Waals surface area (Å²) in [7, 11) is 0. The fourth-order valence-electron chi connectivity index (χ4n) is 4.98. The number of nitrogens with one attached hydrogen (secondary N) is 2. The van der Waals surface area contributed by atoms with Crippen LogP contribution in [0.5, 0.6) is 0 Å². The molecule has 2 aromatic heterocycles. The van der Waals surface area contributed by atoms with E-state index in [9.17, 15) is 18.8 Å². The van der Waals surface area contributed by atoms with Gasteiger partial charge in [0.05, 0.1) is 16.1 Å². The van der Waals surface area contributed by atoms with E-state index >= 15 is 0 Å². The van der Waals surface area contributed by atoms with Crippen LogP contribution in [0.2, 0.25) is 10.0 Å². The van der Waals surface area contributed by atoms with Crippen LogP contribution in [0.4, 0.5) is 4.39 Å². The number of pyridine rings is 2. The Bertz CT molecular complexity index is 1700. The molecule has 39 heavy (non-hydrogen) atoms. The Morgan fingerprint density at radius 2 is 1.74 bits per heavy atom. The van der Waals surface area contributed by atoms with Gasteiger partial charge in [0.15, 0.2) is 0 Å². The van der Waals surface area contributed by atoms with Crippen LogP contribution < -0.4 is 16.2 Å². The Hall–Kier alpha value is -3.53. The number of piperidine rings is 1. The van der Waals surface area contributed by atoms with Gasteiger partial charge in [-0.2, -0.15) is 0 Å². The van der Waals surface area contributed by atoms with Crippen molar-refractivity contribution in [3.63, 3.8) is 0 Å². The maximum atomic E-state index is 14.2. The van der Waals surface area contributed by atoms with E-state index < -0.39 is 17.2 Å². The predicted molar refractivity (Wildman–Crippen MR) is 148 cm³/mol. The zero-order valence-electron chi connectivity index (χ0n) is 20.7. The van der Waals surface area contributed by atoms with E-state index in [4.69, 9.17) is 23.2 Å². The maximum absolute atomic E-state index is 14.2. The monoisotopic (exact) mass is 567 g/mol. The van der Waals surface area contributed by atoms with Gasteiger partial charge in [-0.05, 0) is 62.1 Å². The molecule has 1 saturated heterocycles. The minimum Gasteiger partial charge on any atom is -0.349 e. The Morgan fingerprint density at radius 1 is 0.974 bits per heavy atom. The second-order valence-electron chi connectivity index (χ2n) is 10.0. The average molecular weight is 568 g/mol. The molecule has 0 radical (unpaired) electrons. The molecular weight excluding hydrogens is 544 g/mol. The predicted octanol–water partition coefficient (Wildman–Crippen LogP) is 4.87. The van der Waals surface area contributed by atoms with Crippen LogP contribution in [-0.2, 0) is 0 Å². The smallest absolute Gasteiger partial charge is 0.284 e. The van der Waals surface area contributed by atoms with Crippen LogP contribution in [0.3, 0.4) is 0 Å². The van der Waals surface area contributed by atoms with Crippen molar-refractivity contribution < 1.29 is 14.0 Å². The van der Waals surface area contributed by atoms with E-state index in [0.29, 0.717) is 47.7 Å². The number of fused-ring (bicyclic) bond motifs is 2. The average Bonchev–Trinajstić information content (AvgIpc) is 3.76. The van der Waals surface area contributed by atoms with Crippen molar-refractivity contribution in [3.05, 3.63) is 86.0 Å². The third kappa shape index (κ3) is 5.22. The van der Waals surface area contributed by atoms with Crippen LogP contribution >= 0.6 is 23.2 Å². The fraction of sp³-hybridized carbons (Fsp3) is 0.286. The molecule has 2 amide bonds. The van der Waals surface area contributed by atoms with Crippen molar-refractivity contribution >= 4 is 56.8 Å². The zero-order chi connectivity index (χ0) is 27.3. The van der Waals surface area contributed by atoms with Crippen molar-refractivity contribution in [1.29, 1.82) is 0 Å². The Balaban J connectivity index is 1.11. The molecule has 0 atom stereocenters. The van der Waals surface area contributed by atoms with Gasteiger partial charge < -0.3 is 9.88 Å². The van der Waals surface area contributed by atoms with Gasteiger partial charge in [-0.25, -0.2) is 14.4 Å². The van der Waals surface area contributed by atoms with Crippen LogP contribution in [0.1, 0.15) is 52.6 Å². The van der Waals surface area contributed by atoms with E-state index in [1.165, 1.54) is 6.07 Å². The van der Waals surface area contributed by atoms with Crippen molar-refractivity contribution in [2.45, 2.75) is 37.8 Å². The van der Waals surface area contributed by atoms with Crippen molar-refractivity contribution in [1.82, 2.24) is 25.3 Å². The molecule has 2 aromatic carbocycles. The van der Waals surface area contributed by atoms with E-state index in [0.717, 1.165) is 24.3 Å². The van der Waals surface area contributed by atoms with Crippen LogP contribution in [-0.4, -0.2) is 45.5 Å². The lowest BCUT2D eigenvalue weighted by Crippen LogP contribution is -2.51. The Morgan fingerprint density at radius 3 is 2.49 bits per heavy atom. The number of hydrogen-bond acceptors (Lipinski definition) is 5. The second-order valence-corrected chi connectivity index (χ2v) is 10.8. The molecule has 1 aliphatic heterocycles. The highest BCUT2D eigenvalue weighted by Crippen LogP contribution is 2.37. The summed E-state index contributed by atoms with van der Waals surface area (Å²) in [6.45, 7) is 1.02. The number of rotatable bonds is 5. The summed E-state index contributed by atoms with van der Waals surface area (Å²) in [5.74, 6) is -1.51. The number of carbonyl (C=O) groups excluding carboxylic acids is 2. The second kappa shape index (κ2) is 10.2. The molecule has 8 nitrogen and oxygen atoms in total. The fourth-order valence-corrected chi connectivity index (χ4v) is 5.32. The molecule has 1 saturated carbocycles. The first-order valence-corrected chi connectivity index (χ1v) is 13.5. The normalized spacial score (nSPS) is 16.5. The number of halogens is 3. The lowest BCUT2D eigenvalue weighted by molar-refractivity contribution is 0.0697. The Labute approximate surface area is 232 Å². The first-order chi connectivity index (χ1) is 18.8. The molecule has 0 unspecified atom stereocenters. The number of nitrogens with zero attached hydrogens (tertiary/aromatic N) is 3. The largest absolute Gasteiger partial charge is 0.349 e. The highest BCUT2D eigenvalue weighted by atomic mass is 35.5. The third-order valence-corrected chi connectivity index (χ3v) is 7.76. The first kappa shape index (κ1) is 25.7. The molecule has 1 aliphatic carbocycles. The number of benzene rings is 2. The molecule has 4 aromatic rings. The molecular formula is C28H24Cl2FN5O3. The van der Waals surface area contributed by atoms with Crippen molar-refractivity contribution in [2.24, 2.45) is 0 Å². The number of carbonyl (C=O) groups is 2. The molecule has 0 spiro atoms. The summed E-state index contributed by atoms with van der Waals surface area (Å²) < 4.78 is 16.0. The van der Waals surface area contributed by atoms with Crippen molar-refractivity contribution in [2.75, 3.05) is 13.1 Å². The zero-order valence-corrected chi connectivity index (χ0v) is 22.2.